The van der Waals surface area contributed by atoms with Crippen molar-refractivity contribution in [1.82, 2.24) is 10.6 Å². The number of unbranched alkanes of at least 4 members (excludes halogenated alkanes) is 3. The minimum atomic E-state index is -0.736. The van der Waals surface area contributed by atoms with Gasteiger partial charge in [-0.2, -0.15) is 11.8 Å². The van der Waals surface area contributed by atoms with E-state index < -0.39 is 5.97 Å². The molecule has 1 saturated carbocycles. The maximum atomic E-state index is 11.5. The SMILES string of the molecule is CSC1(CNC(=O)NCCCCCCC(=O)O)CC1. The van der Waals surface area contributed by atoms with Crippen LogP contribution < -0.4 is 10.6 Å². The zero-order chi connectivity index (χ0) is 14.1. The van der Waals surface area contributed by atoms with E-state index in [-0.39, 0.29) is 12.5 Å². The molecule has 0 radical (unpaired) electrons. The van der Waals surface area contributed by atoms with Gasteiger partial charge in [0.1, 0.15) is 0 Å². The van der Waals surface area contributed by atoms with Crippen LogP contribution in [-0.2, 0) is 4.79 Å². The molecule has 0 saturated heterocycles. The number of urea groups is 1. The molecule has 2 amide bonds. The van der Waals surface area contributed by atoms with Gasteiger partial charge in [0, 0.05) is 24.3 Å². The molecule has 110 valence electrons. The van der Waals surface area contributed by atoms with Crippen LogP contribution >= 0.6 is 11.8 Å². The first-order chi connectivity index (χ1) is 9.08. The highest BCUT2D eigenvalue weighted by Crippen LogP contribution is 2.46. The maximum Gasteiger partial charge on any atom is 0.314 e. The molecule has 6 heteroatoms. The Morgan fingerprint density at radius 3 is 2.42 bits per heavy atom. The molecular formula is C13H24N2O3S. The van der Waals surface area contributed by atoms with Crippen molar-refractivity contribution in [3.8, 4) is 0 Å². The lowest BCUT2D eigenvalue weighted by Gasteiger charge is -2.13. The normalized spacial score (nSPS) is 15.8. The summed E-state index contributed by atoms with van der Waals surface area (Å²) in [7, 11) is 0. The number of amides is 2. The van der Waals surface area contributed by atoms with Crippen molar-refractivity contribution in [2.75, 3.05) is 19.3 Å². The second kappa shape index (κ2) is 8.30. The standard InChI is InChI=1S/C13H24N2O3S/c1-19-13(7-8-13)10-15-12(18)14-9-5-3-2-4-6-11(16)17/h2-10H2,1H3,(H,16,17)(H2,14,15,18). The molecule has 3 N–H and O–H groups in total. The summed E-state index contributed by atoms with van der Waals surface area (Å²) in [5.41, 5.74) is 0. The fraction of sp³-hybridized carbons (Fsp3) is 0.846. The van der Waals surface area contributed by atoms with Gasteiger partial charge in [-0.15, -0.1) is 0 Å². The zero-order valence-corrected chi connectivity index (χ0v) is 12.4. The minimum Gasteiger partial charge on any atom is -0.481 e. The van der Waals surface area contributed by atoms with Crippen molar-refractivity contribution < 1.29 is 14.7 Å². The van der Waals surface area contributed by atoms with Gasteiger partial charge in [-0.25, -0.2) is 4.79 Å². The second-order valence-electron chi connectivity index (χ2n) is 5.05. The number of nitrogens with one attached hydrogen (secondary N) is 2. The van der Waals surface area contributed by atoms with Crippen LogP contribution in [0.5, 0.6) is 0 Å². The van der Waals surface area contributed by atoms with Gasteiger partial charge in [0.2, 0.25) is 0 Å². The van der Waals surface area contributed by atoms with Gasteiger partial charge in [-0.3, -0.25) is 4.79 Å². The van der Waals surface area contributed by atoms with Crippen molar-refractivity contribution in [1.29, 1.82) is 0 Å². The Morgan fingerprint density at radius 1 is 1.16 bits per heavy atom. The van der Waals surface area contributed by atoms with E-state index in [0.29, 0.717) is 11.3 Å². The first-order valence-corrected chi connectivity index (χ1v) is 8.09. The Hall–Kier alpha value is -0.910. The molecule has 1 fully saturated rings. The molecule has 0 aliphatic heterocycles. The van der Waals surface area contributed by atoms with E-state index >= 15 is 0 Å². The van der Waals surface area contributed by atoms with E-state index in [0.717, 1.165) is 32.2 Å². The molecule has 0 aromatic rings. The Labute approximate surface area is 118 Å². The molecule has 5 nitrogen and oxygen atoms in total. The molecule has 19 heavy (non-hydrogen) atoms. The van der Waals surface area contributed by atoms with Crippen molar-refractivity contribution in [2.24, 2.45) is 0 Å². The van der Waals surface area contributed by atoms with E-state index in [9.17, 15) is 9.59 Å². The van der Waals surface area contributed by atoms with Crippen LogP contribution in [0.1, 0.15) is 44.9 Å². The first-order valence-electron chi connectivity index (χ1n) is 6.87. The van der Waals surface area contributed by atoms with Gasteiger partial charge in [-0.1, -0.05) is 12.8 Å². The summed E-state index contributed by atoms with van der Waals surface area (Å²) in [5, 5.41) is 14.2. The van der Waals surface area contributed by atoms with Crippen LogP contribution in [0, 0.1) is 0 Å². The average molecular weight is 288 g/mol. The number of rotatable bonds is 10. The third kappa shape index (κ3) is 7.30. The van der Waals surface area contributed by atoms with Crippen LogP contribution in [0.2, 0.25) is 0 Å². The average Bonchev–Trinajstić information content (AvgIpc) is 3.15. The highest BCUT2D eigenvalue weighted by atomic mass is 32.2. The summed E-state index contributed by atoms with van der Waals surface area (Å²) in [4.78, 5) is 21.8. The molecular weight excluding hydrogens is 264 g/mol. The van der Waals surface area contributed by atoms with E-state index in [1.165, 1.54) is 12.8 Å². The van der Waals surface area contributed by atoms with Crippen molar-refractivity contribution in [3.05, 3.63) is 0 Å². The Kier molecular flexibility index (Phi) is 7.05. The number of hydrogen-bond acceptors (Lipinski definition) is 3. The monoisotopic (exact) mass is 288 g/mol. The number of carboxylic acid groups (broad SMARTS) is 1. The highest BCUT2D eigenvalue weighted by molar-refractivity contribution is 8.00. The van der Waals surface area contributed by atoms with E-state index in [1.807, 2.05) is 11.8 Å². The zero-order valence-electron chi connectivity index (χ0n) is 11.5. The number of aliphatic carboxylic acids is 1. The van der Waals surface area contributed by atoms with Gasteiger partial charge in [0.05, 0.1) is 0 Å². The maximum absolute atomic E-state index is 11.5. The van der Waals surface area contributed by atoms with Gasteiger partial charge in [-0.05, 0) is 31.9 Å². The first kappa shape index (κ1) is 16.1. The van der Waals surface area contributed by atoms with E-state index in [2.05, 4.69) is 16.9 Å². The molecule has 0 aromatic carbocycles. The second-order valence-corrected chi connectivity index (χ2v) is 6.33. The molecule has 0 bridgehead atoms. The summed E-state index contributed by atoms with van der Waals surface area (Å²) in [6.07, 6.45) is 8.20. The fourth-order valence-corrected chi connectivity index (χ4v) is 2.58. The lowest BCUT2D eigenvalue weighted by atomic mass is 10.1. The number of carboxylic acids is 1. The summed E-state index contributed by atoms with van der Waals surface area (Å²) in [6, 6.07) is -0.0918. The molecule has 1 aliphatic rings. The number of hydrogen-bond donors (Lipinski definition) is 3. The van der Waals surface area contributed by atoms with Gasteiger partial charge < -0.3 is 15.7 Å². The third-order valence-electron chi connectivity index (χ3n) is 3.41. The van der Waals surface area contributed by atoms with Crippen LogP contribution in [0.25, 0.3) is 0 Å². The lowest BCUT2D eigenvalue weighted by Crippen LogP contribution is -2.40. The molecule has 0 aromatic heterocycles. The summed E-state index contributed by atoms with van der Waals surface area (Å²) < 4.78 is 0.300. The Bertz CT molecular complexity index is 306. The molecule has 0 unspecified atom stereocenters. The summed E-state index contributed by atoms with van der Waals surface area (Å²) in [5.74, 6) is -0.736. The van der Waals surface area contributed by atoms with Crippen LogP contribution in [0.15, 0.2) is 0 Å². The summed E-state index contributed by atoms with van der Waals surface area (Å²) in [6.45, 7) is 1.41. The number of thioether (sulfide) groups is 1. The van der Waals surface area contributed by atoms with E-state index in [1.54, 1.807) is 0 Å². The van der Waals surface area contributed by atoms with Crippen molar-refractivity contribution in [3.63, 3.8) is 0 Å². The number of carbonyl (C=O) groups is 2. The highest BCUT2D eigenvalue weighted by Gasteiger charge is 2.41. The molecule has 0 spiro atoms. The quantitative estimate of drug-likeness (QED) is 0.539. The molecule has 1 aliphatic carbocycles. The Balaban J connectivity index is 1.89. The van der Waals surface area contributed by atoms with Crippen LogP contribution in [0.4, 0.5) is 4.79 Å². The predicted octanol–water partition coefficient (Wildman–Crippen LogP) is 2.22. The topological polar surface area (TPSA) is 78.4 Å². The van der Waals surface area contributed by atoms with Gasteiger partial charge >= 0.3 is 12.0 Å². The lowest BCUT2D eigenvalue weighted by molar-refractivity contribution is -0.137. The molecule has 0 heterocycles. The van der Waals surface area contributed by atoms with Crippen molar-refractivity contribution in [2.45, 2.75) is 49.7 Å². The fourth-order valence-electron chi connectivity index (χ4n) is 1.85. The van der Waals surface area contributed by atoms with E-state index in [4.69, 9.17) is 5.11 Å². The van der Waals surface area contributed by atoms with Crippen LogP contribution in [0.3, 0.4) is 0 Å². The smallest absolute Gasteiger partial charge is 0.314 e. The summed E-state index contributed by atoms with van der Waals surface area (Å²) >= 11 is 1.83. The molecule has 1 rings (SSSR count). The largest absolute Gasteiger partial charge is 0.481 e. The third-order valence-corrected chi connectivity index (χ3v) is 4.83. The van der Waals surface area contributed by atoms with Gasteiger partial charge in [0.15, 0.2) is 0 Å². The minimum absolute atomic E-state index is 0.0918. The molecule has 0 atom stereocenters. The van der Waals surface area contributed by atoms with Crippen LogP contribution in [-0.4, -0.2) is 41.2 Å². The van der Waals surface area contributed by atoms with Gasteiger partial charge in [0.25, 0.3) is 0 Å². The van der Waals surface area contributed by atoms with Crippen molar-refractivity contribution >= 4 is 23.8 Å². The predicted molar refractivity (Wildman–Crippen MR) is 77.6 cm³/mol. The number of carbonyl (C=O) groups excluding carboxylic acids is 1. The Morgan fingerprint density at radius 2 is 1.84 bits per heavy atom.